The largest absolute Gasteiger partial charge is 0.466 e. The molecule has 2 amide bonds. The van der Waals surface area contributed by atoms with E-state index < -0.39 is 0 Å². The van der Waals surface area contributed by atoms with Crippen molar-refractivity contribution < 1.29 is 14.0 Å². The second-order valence-corrected chi connectivity index (χ2v) is 7.17. The maximum absolute atomic E-state index is 12.5. The first-order chi connectivity index (χ1) is 12.8. The maximum Gasteiger partial charge on any atom is 0.261 e. The van der Waals surface area contributed by atoms with E-state index in [0.717, 1.165) is 28.1 Å². The van der Waals surface area contributed by atoms with Crippen LogP contribution in [0, 0.1) is 20.8 Å². The molecule has 7 heteroatoms. The molecule has 0 unspecified atom stereocenters. The van der Waals surface area contributed by atoms with Crippen LogP contribution in [0.3, 0.4) is 0 Å². The van der Waals surface area contributed by atoms with Crippen molar-refractivity contribution in [3.05, 3.63) is 57.9 Å². The lowest BCUT2D eigenvalue weighted by molar-refractivity contribution is -0.119. The van der Waals surface area contributed by atoms with Crippen LogP contribution in [-0.2, 0) is 11.3 Å². The summed E-state index contributed by atoms with van der Waals surface area (Å²) in [5.41, 5.74) is 4.16. The molecule has 3 aromatic rings. The summed E-state index contributed by atoms with van der Waals surface area (Å²) in [7, 11) is 0. The Morgan fingerprint density at radius 3 is 2.41 bits per heavy atom. The lowest BCUT2D eigenvalue weighted by atomic mass is 10.1. The van der Waals surface area contributed by atoms with Gasteiger partial charge in [0.15, 0.2) is 5.13 Å². The van der Waals surface area contributed by atoms with Crippen molar-refractivity contribution in [3.8, 4) is 11.3 Å². The zero-order valence-electron chi connectivity index (χ0n) is 15.7. The Morgan fingerprint density at radius 2 is 1.81 bits per heavy atom. The summed E-state index contributed by atoms with van der Waals surface area (Å²) in [4.78, 5) is 28.0. The van der Waals surface area contributed by atoms with Crippen molar-refractivity contribution in [3.63, 3.8) is 0 Å². The Kier molecular flexibility index (Phi) is 5.41. The molecule has 2 heterocycles. The third-order valence-electron chi connectivity index (χ3n) is 4.30. The minimum absolute atomic E-state index is 0.0581. The molecule has 0 atom stereocenters. The van der Waals surface area contributed by atoms with Gasteiger partial charge in [-0.2, -0.15) is 0 Å². The van der Waals surface area contributed by atoms with Crippen molar-refractivity contribution in [2.24, 2.45) is 0 Å². The number of carbonyl (C=O) groups is 2. The van der Waals surface area contributed by atoms with Gasteiger partial charge in [-0.3, -0.25) is 14.9 Å². The number of thiazole rings is 1. The van der Waals surface area contributed by atoms with Gasteiger partial charge in [0.05, 0.1) is 11.3 Å². The highest BCUT2D eigenvalue weighted by Gasteiger charge is 2.19. The van der Waals surface area contributed by atoms with Gasteiger partial charge in [-0.05, 0) is 26.3 Å². The van der Waals surface area contributed by atoms with Gasteiger partial charge in [-0.25, -0.2) is 4.98 Å². The Balaban J connectivity index is 1.71. The van der Waals surface area contributed by atoms with Crippen LogP contribution < -0.4 is 10.6 Å². The van der Waals surface area contributed by atoms with Gasteiger partial charge in [0.1, 0.15) is 11.5 Å². The molecule has 0 bridgehead atoms. The highest BCUT2D eigenvalue weighted by atomic mass is 32.1. The van der Waals surface area contributed by atoms with Gasteiger partial charge < -0.3 is 9.73 Å². The number of aromatic nitrogens is 1. The standard InChI is InChI=1S/C20H21N3O3S/c1-11-12(2)26-13(3)18(11)19(25)23-20-22-17(10-27-20)16-7-5-15(6-8-16)9-21-14(4)24/h5-8,10H,9H2,1-4H3,(H,21,24)(H,22,23,25). The number of furan rings is 1. The highest BCUT2D eigenvalue weighted by Crippen LogP contribution is 2.27. The van der Waals surface area contributed by atoms with Crippen LogP contribution >= 0.6 is 11.3 Å². The SMILES string of the molecule is CC(=O)NCc1ccc(-c2csc(NC(=O)c3c(C)oc(C)c3C)n2)cc1. The number of carbonyl (C=O) groups excluding carboxylic acids is 2. The molecule has 0 radical (unpaired) electrons. The molecule has 0 saturated heterocycles. The van der Waals surface area contributed by atoms with E-state index in [9.17, 15) is 9.59 Å². The van der Waals surface area contributed by atoms with Crippen LogP contribution in [-0.4, -0.2) is 16.8 Å². The molecule has 27 heavy (non-hydrogen) atoms. The minimum Gasteiger partial charge on any atom is -0.466 e. The normalized spacial score (nSPS) is 10.7. The van der Waals surface area contributed by atoms with E-state index in [-0.39, 0.29) is 11.8 Å². The van der Waals surface area contributed by atoms with Crippen molar-refractivity contribution >= 4 is 28.3 Å². The van der Waals surface area contributed by atoms with Crippen LogP contribution in [0.2, 0.25) is 0 Å². The number of amides is 2. The van der Waals surface area contributed by atoms with Crippen LogP contribution in [0.4, 0.5) is 5.13 Å². The minimum atomic E-state index is -0.214. The van der Waals surface area contributed by atoms with Crippen LogP contribution in [0.15, 0.2) is 34.1 Å². The van der Waals surface area contributed by atoms with E-state index in [1.807, 2.05) is 43.5 Å². The predicted octanol–water partition coefficient (Wildman–Crippen LogP) is 4.22. The number of hydrogen-bond acceptors (Lipinski definition) is 5. The predicted molar refractivity (Wildman–Crippen MR) is 106 cm³/mol. The second-order valence-electron chi connectivity index (χ2n) is 6.31. The van der Waals surface area contributed by atoms with E-state index in [4.69, 9.17) is 4.42 Å². The first kappa shape index (κ1) is 18.8. The summed E-state index contributed by atoms with van der Waals surface area (Å²) in [6.45, 7) is 7.49. The molecular formula is C20H21N3O3S. The van der Waals surface area contributed by atoms with Gasteiger partial charge in [0.2, 0.25) is 5.91 Å². The van der Waals surface area contributed by atoms with E-state index in [0.29, 0.717) is 23.0 Å². The first-order valence-electron chi connectivity index (χ1n) is 8.52. The summed E-state index contributed by atoms with van der Waals surface area (Å²) >= 11 is 1.37. The van der Waals surface area contributed by atoms with Crippen LogP contribution in [0.5, 0.6) is 0 Å². The van der Waals surface area contributed by atoms with Crippen LogP contribution in [0.25, 0.3) is 11.3 Å². The topological polar surface area (TPSA) is 84.2 Å². The molecule has 6 nitrogen and oxygen atoms in total. The summed E-state index contributed by atoms with van der Waals surface area (Å²) in [5.74, 6) is 1.08. The van der Waals surface area contributed by atoms with Gasteiger partial charge in [0, 0.05) is 30.0 Å². The monoisotopic (exact) mass is 383 g/mol. The Morgan fingerprint density at radius 1 is 1.11 bits per heavy atom. The molecule has 0 fully saturated rings. The van der Waals surface area contributed by atoms with E-state index in [2.05, 4.69) is 15.6 Å². The average Bonchev–Trinajstić information content (AvgIpc) is 3.18. The first-order valence-corrected chi connectivity index (χ1v) is 9.40. The fourth-order valence-electron chi connectivity index (χ4n) is 2.77. The Labute approximate surface area is 161 Å². The Hall–Kier alpha value is -2.93. The summed E-state index contributed by atoms with van der Waals surface area (Å²) in [5, 5.41) is 8.05. The van der Waals surface area contributed by atoms with E-state index >= 15 is 0 Å². The van der Waals surface area contributed by atoms with Crippen LogP contribution in [0.1, 0.15) is 39.9 Å². The number of benzene rings is 1. The molecule has 0 saturated carbocycles. The number of rotatable bonds is 5. The number of aryl methyl sites for hydroxylation is 2. The molecule has 1 aromatic carbocycles. The molecule has 0 aliphatic rings. The lowest BCUT2D eigenvalue weighted by Crippen LogP contribution is -2.18. The smallest absolute Gasteiger partial charge is 0.261 e. The summed E-state index contributed by atoms with van der Waals surface area (Å²) in [6, 6.07) is 7.80. The quantitative estimate of drug-likeness (QED) is 0.691. The second kappa shape index (κ2) is 7.75. The van der Waals surface area contributed by atoms with Gasteiger partial charge >= 0.3 is 0 Å². The van der Waals surface area contributed by atoms with Gasteiger partial charge in [-0.15, -0.1) is 11.3 Å². The highest BCUT2D eigenvalue weighted by molar-refractivity contribution is 7.14. The van der Waals surface area contributed by atoms with Crippen molar-refractivity contribution in [2.75, 3.05) is 5.32 Å². The fraction of sp³-hybridized carbons (Fsp3) is 0.250. The zero-order chi connectivity index (χ0) is 19.6. The third kappa shape index (κ3) is 4.25. The van der Waals surface area contributed by atoms with Crippen molar-refractivity contribution in [2.45, 2.75) is 34.2 Å². The fourth-order valence-corrected chi connectivity index (χ4v) is 3.49. The van der Waals surface area contributed by atoms with Gasteiger partial charge in [0.25, 0.3) is 5.91 Å². The number of anilines is 1. The van der Waals surface area contributed by atoms with Gasteiger partial charge in [-0.1, -0.05) is 24.3 Å². The van der Waals surface area contributed by atoms with Crippen molar-refractivity contribution in [1.29, 1.82) is 0 Å². The third-order valence-corrected chi connectivity index (χ3v) is 5.06. The molecule has 2 aromatic heterocycles. The molecule has 0 aliphatic heterocycles. The average molecular weight is 383 g/mol. The van der Waals surface area contributed by atoms with E-state index in [1.165, 1.54) is 18.3 Å². The van der Waals surface area contributed by atoms with E-state index in [1.54, 1.807) is 6.92 Å². The van der Waals surface area contributed by atoms with Crippen molar-refractivity contribution in [1.82, 2.24) is 10.3 Å². The summed E-state index contributed by atoms with van der Waals surface area (Å²) in [6.07, 6.45) is 0. The molecular weight excluding hydrogens is 362 g/mol. The molecule has 2 N–H and O–H groups in total. The zero-order valence-corrected chi connectivity index (χ0v) is 16.5. The number of nitrogens with zero attached hydrogens (tertiary/aromatic N) is 1. The lowest BCUT2D eigenvalue weighted by Gasteiger charge is -2.04. The Bertz CT molecular complexity index is 987. The number of hydrogen-bond donors (Lipinski definition) is 2. The number of nitrogens with one attached hydrogen (secondary N) is 2. The molecule has 140 valence electrons. The molecule has 0 aliphatic carbocycles. The molecule has 0 spiro atoms. The summed E-state index contributed by atoms with van der Waals surface area (Å²) < 4.78 is 5.52. The molecule has 3 rings (SSSR count). The maximum atomic E-state index is 12.5.